The van der Waals surface area contributed by atoms with Crippen molar-refractivity contribution in [3.63, 3.8) is 0 Å². The number of anilines is 1. The van der Waals surface area contributed by atoms with Gasteiger partial charge in [0.25, 0.3) is 0 Å². The molecule has 0 aromatic heterocycles. The van der Waals surface area contributed by atoms with Crippen LogP contribution in [0, 0.1) is 29.1 Å². The summed E-state index contributed by atoms with van der Waals surface area (Å²) in [6, 6.07) is 3.62. The lowest BCUT2D eigenvalue weighted by Gasteiger charge is -2.31. The van der Waals surface area contributed by atoms with Crippen LogP contribution in [0.15, 0.2) is 53.4 Å². The maximum absolute atomic E-state index is 14.0. The highest BCUT2D eigenvalue weighted by molar-refractivity contribution is 6.32. The van der Waals surface area contributed by atoms with E-state index in [1.807, 2.05) is 0 Å². The van der Waals surface area contributed by atoms with E-state index in [0.717, 1.165) is 12.1 Å². The van der Waals surface area contributed by atoms with Crippen molar-refractivity contribution in [2.45, 2.75) is 19.6 Å². The highest BCUT2D eigenvalue weighted by atomic mass is 35.5. The second-order valence-corrected chi connectivity index (χ2v) is 6.31. The van der Waals surface area contributed by atoms with E-state index < -0.39 is 40.8 Å². The Hall–Kier alpha value is -2.54. The van der Waals surface area contributed by atoms with Gasteiger partial charge < -0.3 is 9.64 Å². The lowest BCUT2D eigenvalue weighted by atomic mass is 10.1. The van der Waals surface area contributed by atoms with Gasteiger partial charge in [0.1, 0.15) is 35.5 Å². The molecule has 1 atom stereocenters. The molecule has 1 unspecified atom stereocenters. The summed E-state index contributed by atoms with van der Waals surface area (Å²) in [6.45, 7) is 1.40. The Morgan fingerprint density at radius 2 is 1.59 bits per heavy atom. The Balaban J connectivity index is 1.80. The van der Waals surface area contributed by atoms with Gasteiger partial charge in [0, 0.05) is 30.0 Å². The third-order valence-corrected chi connectivity index (χ3v) is 4.24. The van der Waals surface area contributed by atoms with E-state index in [2.05, 4.69) is 0 Å². The second-order valence-electron chi connectivity index (χ2n) is 5.90. The first-order valence-electron chi connectivity index (χ1n) is 7.85. The van der Waals surface area contributed by atoms with E-state index >= 15 is 0 Å². The quantitative estimate of drug-likeness (QED) is 0.603. The van der Waals surface area contributed by atoms with Gasteiger partial charge in [-0.3, -0.25) is 0 Å². The van der Waals surface area contributed by atoms with Crippen LogP contribution in [-0.2, 0) is 11.3 Å². The van der Waals surface area contributed by atoms with Crippen LogP contribution in [0.2, 0.25) is 0 Å². The topological polar surface area (TPSA) is 12.5 Å². The van der Waals surface area contributed by atoms with Crippen molar-refractivity contribution < 1.29 is 26.7 Å². The van der Waals surface area contributed by atoms with Crippen LogP contribution in [0.5, 0.6) is 0 Å². The fraction of sp³-hybridized carbons (Fsp3) is 0.158. The molecule has 2 nitrogen and oxygen atoms in total. The molecule has 0 saturated heterocycles. The van der Waals surface area contributed by atoms with Gasteiger partial charge in [0.05, 0.1) is 11.1 Å². The van der Waals surface area contributed by atoms with Crippen molar-refractivity contribution in [3.8, 4) is 0 Å². The summed E-state index contributed by atoms with van der Waals surface area (Å²) in [5, 5.41) is 0.0127. The average molecular weight is 402 g/mol. The molecule has 2 aromatic carbocycles. The Morgan fingerprint density at radius 3 is 2.22 bits per heavy atom. The van der Waals surface area contributed by atoms with E-state index in [1.165, 1.54) is 23.2 Å². The molecule has 27 heavy (non-hydrogen) atoms. The third-order valence-electron chi connectivity index (χ3n) is 3.96. The Morgan fingerprint density at radius 1 is 0.963 bits per heavy atom. The Bertz CT molecular complexity index is 921. The molecule has 0 radical (unpaired) electrons. The van der Waals surface area contributed by atoms with Crippen LogP contribution in [0.25, 0.3) is 0 Å². The minimum absolute atomic E-state index is 0.0127. The van der Waals surface area contributed by atoms with Gasteiger partial charge in [-0.05, 0) is 25.1 Å². The summed E-state index contributed by atoms with van der Waals surface area (Å²) in [6.07, 6.45) is 2.72. The first-order valence-corrected chi connectivity index (χ1v) is 8.23. The highest BCUT2D eigenvalue weighted by Crippen LogP contribution is 2.33. The summed E-state index contributed by atoms with van der Waals surface area (Å²) in [7, 11) is 0. The molecule has 8 heteroatoms. The third kappa shape index (κ3) is 4.08. The first-order chi connectivity index (χ1) is 12.8. The number of hydrogen-bond acceptors (Lipinski definition) is 2. The molecule has 0 N–H and O–H groups in total. The summed E-state index contributed by atoms with van der Waals surface area (Å²) >= 11 is 6.11. The number of allylic oxidation sites excluding steroid dienone is 1. The molecule has 3 rings (SSSR count). The van der Waals surface area contributed by atoms with Gasteiger partial charge in [-0.25, -0.2) is 22.0 Å². The lowest BCUT2D eigenvalue weighted by Crippen LogP contribution is -2.31. The highest BCUT2D eigenvalue weighted by Gasteiger charge is 2.26. The van der Waals surface area contributed by atoms with Crippen molar-refractivity contribution in [1.82, 2.24) is 0 Å². The van der Waals surface area contributed by atoms with E-state index in [0.29, 0.717) is 12.1 Å². The number of benzene rings is 2. The van der Waals surface area contributed by atoms with E-state index in [1.54, 1.807) is 6.92 Å². The number of hydrogen-bond donors (Lipinski definition) is 0. The molecule has 1 heterocycles. The van der Waals surface area contributed by atoms with Gasteiger partial charge in [0.15, 0.2) is 11.6 Å². The Kier molecular flexibility index (Phi) is 5.41. The number of ether oxygens (including phenoxy) is 1. The minimum atomic E-state index is -1.08. The fourth-order valence-corrected chi connectivity index (χ4v) is 2.87. The number of nitrogens with zero attached hydrogens (tertiary/aromatic N) is 1. The second kappa shape index (κ2) is 7.60. The molecule has 2 aromatic rings. The lowest BCUT2D eigenvalue weighted by molar-refractivity contribution is 0.202. The van der Waals surface area contributed by atoms with E-state index in [-0.39, 0.29) is 23.0 Å². The smallest absolute Gasteiger partial charge is 0.152 e. The van der Waals surface area contributed by atoms with Crippen molar-refractivity contribution in [2.24, 2.45) is 0 Å². The zero-order valence-corrected chi connectivity index (χ0v) is 14.7. The summed E-state index contributed by atoms with van der Waals surface area (Å²) < 4.78 is 73.2. The predicted molar refractivity (Wildman–Crippen MR) is 91.4 cm³/mol. The van der Waals surface area contributed by atoms with Gasteiger partial charge in [0.2, 0.25) is 0 Å². The van der Waals surface area contributed by atoms with Crippen LogP contribution in [0.1, 0.15) is 12.5 Å². The zero-order valence-electron chi connectivity index (χ0n) is 13.9. The maximum atomic E-state index is 14.0. The molecule has 0 amide bonds. The molecule has 1 aliphatic rings. The van der Waals surface area contributed by atoms with Gasteiger partial charge >= 0.3 is 0 Å². The van der Waals surface area contributed by atoms with Crippen LogP contribution >= 0.6 is 11.6 Å². The monoisotopic (exact) mass is 401 g/mol. The maximum Gasteiger partial charge on any atom is 0.152 e. The molecule has 0 spiro atoms. The Labute approximate surface area is 157 Å². The van der Waals surface area contributed by atoms with Crippen LogP contribution in [0.3, 0.4) is 0 Å². The first kappa shape index (κ1) is 19.2. The molecule has 142 valence electrons. The number of rotatable bonds is 4. The van der Waals surface area contributed by atoms with Crippen molar-refractivity contribution in [1.29, 1.82) is 0 Å². The van der Waals surface area contributed by atoms with E-state index in [4.69, 9.17) is 16.3 Å². The average Bonchev–Trinajstić information content (AvgIpc) is 2.56. The SMILES string of the molecule is CC1C=C(OCc2ccc(F)cc2F)C(Cl)=CN1c1c(F)cc(F)cc1F. The van der Waals surface area contributed by atoms with Crippen LogP contribution in [0.4, 0.5) is 27.6 Å². The number of halogens is 6. The van der Waals surface area contributed by atoms with Gasteiger partial charge in [-0.1, -0.05) is 11.6 Å². The summed E-state index contributed by atoms with van der Waals surface area (Å²) in [5.74, 6) is -4.49. The molecular weight excluding hydrogens is 389 g/mol. The van der Waals surface area contributed by atoms with Gasteiger partial charge in [-0.2, -0.15) is 0 Å². The van der Waals surface area contributed by atoms with Crippen molar-refractivity contribution in [3.05, 3.63) is 88.0 Å². The molecule has 0 bridgehead atoms. The van der Waals surface area contributed by atoms with Crippen molar-refractivity contribution in [2.75, 3.05) is 4.90 Å². The summed E-state index contributed by atoms with van der Waals surface area (Å²) in [4.78, 5) is 1.19. The molecule has 0 saturated carbocycles. The predicted octanol–water partition coefficient (Wildman–Crippen LogP) is 5.77. The normalized spacial score (nSPS) is 16.9. The molecule has 0 aliphatic carbocycles. The molecule has 1 aliphatic heterocycles. The molecule has 0 fully saturated rings. The zero-order chi connectivity index (χ0) is 19.7. The van der Waals surface area contributed by atoms with E-state index in [9.17, 15) is 22.0 Å². The minimum Gasteiger partial charge on any atom is -0.487 e. The standard InChI is InChI=1S/C19H13ClF5NO/c1-10-4-18(27-9-11-2-3-12(21)5-15(11)23)14(20)8-26(10)19-16(24)6-13(22)7-17(19)25/h2-8,10H,9H2,1H3. The van der Waals surface area contributed by atoms with Gasteiger partial charge in [-0.15, -0.1) is 0 Å². The largest absolute Gasteiger partial charge is 0.487 e. The van der Waals surface area contributed by atoms with Crippen LogP contribution in [-0.4, -0.2) is 6.04 Å². The fourth-order valence-electron chi connectivity index (χ4n) is 2.64. The summed E-state index contributed by atoms with van der Waals surface area (Å²) in [5.41, 5.74) is -0.339. The van der Waals surface area contributed by atoms with Crippen molar-refractivity contribution >= 4 is 17.3 Å². The molecular formula is C19H13ClF5NO. The van der Waals surface area contributed by atoms with Crippen LogP contribution < -0.4 is 4.90 Å².